The first-order valence-corrected chi connectivity index (χ1v) is 18.5. The Morgan fingerprint density at radius 1 is 0.577 bits per heavy atom. The highest BCUT2D eigenvalue weighted by Gasteiger charge is 2.32. The van der Waals surface area contributed by atoms with Crippen molar-refractivity contribution in [2.45, 2.75) is 12.2 Å². The average molecular weight is 687 g/mol. The summed E-state index contributed by atoms with van der Waals surface area (Å²) in [5.41, 5.74) is 10.5. The summed E-state index contributed by atoms with van der Waals surface area (Å²) < 4.78 is 1.31. The third kappa shape index (κ3) is 5.04. The number of thiophene rings is 1. The van der Waals surface area contributed by atoms with E-state index in [2.05, 4.69) is 175 Å². The van der Waals surface area contributed by atoms with Gasteiger partial charge in [0.1, 0.15) is 12.0 Å². The molecule has 52 heavy (non-hydrogen) atoms. The van der Waals surface area contributed by atoms with E-state index in [0.29, 0.717) is 0 Å². The van der Waals surface area contributed by atoms with Gasteiger partial charge < -0.3 is 10.2 Å². The van der Waals surface area contributed by atoms with Gasteiger partial charge in [0, 0.05) is 49.8 Å². The summed E-state index contributed by atoms with van der Waals surface area (Å²) in [4.78, 5) is 13.9. The third-order valence-corrected chi connectivity index (χ3v) is 11.6. The van der Waals surface area contributed by atoms with Gasteiger partial charge in [0.15, 0.2) is 5.84 Å². The molecule has 10 rings (SSSR count). The van der Waals surface area contributed by atoms with Gasteiger partial charge in [-0.1, -0.05) is 164 Å². The second-order valence-corrected chi connectivity index (χ2v) is 14.5. The maximum Gasteiger partial charge on any atom is 0.159 e. The predicted molar refractivity (Wildman–Crippen MR) is 219 cm³/mol. The molecule has 0 saturated heterocycles. The lowest BCUT2D eigenvalue weighted by Gasteiger charge is -2.32. The van der Waals surface area contributed by atoms with Gasteiger partial charge in [-0.15, -0.1) is 11.3 Å². The molecule has 5 heteroatoms. The highest BCUT2D eigenvalue weighted by molar-refractivity contribution is 7.19. The van der Waals surface area contributed by atoms with Gasteiger partial charge in [-0.3, -0.25) is 0 Å². The number of fused-ring (bicyclic) bond motifs is 6. The molecule has 7 aromatic carbocycles. The van der Waals surface area contributed by atoms with Gasteiger partial charge >= 0.3 is 0 Å². The van der Waals surface area contributed by atoms with E-state index in [1.807, 2.05) is 23.5 Å². The number of benzene rings is 7. The van der Waals surface area contributed by atoms with Crippen LogP contribution in [0.4, 0.5) is 5.69 Å². The molecule has 0 aliphatic carbocycles. The monoisotopic (exact) mass is 686 g/mol. The van der Waals surface area contributed by atoms with E-state index in [9.17, 15) is 0 Å². The van der Waals surface area contributed by atoms with E-state index >= 15 is 0 Å². The normalized spacial score (nSPS) is 16.5. The Morgan fingerprint density at radius 3 is 2.06 bits per heavy atom. The topological polar surface area (TPSA) is 40.0 Å². The Bertz CT molecular complexity index is 2670. The fourth-order valence-electron chi connectivity index (χ4n) is 7.88. The van der Waals surface area contributed by atoms with Gasteiger partial charge in [-0.25, -0.2) is 9.98 Å². The fourth-order valence-corrected chi connectivity index (χ4v) is 9.17. The van der Waals surface area contributed by atoms with E-state index in [-0.39, 0.29) is 12.2 Å². The number of nitrogens with zero attached hydrogens (tertiary/aromatic N) is 3. The summed E-state index contributed by atoms with van der Waals surface area (Å²) in [6, 6.07) is 60.6. The van der Waals surface area contributed by atoms with Crippen LogP contribution in [-0.2, 0) is 0 Å². The van der Waals surface area contributed by atoms with Crippen LogP contribution in [-0.4, -0.2) is 23.6 Å². The van der Waals surface area contributed by atoms with Gasteiger partial charge in [0.2, 0.25) is 0 Å². The van der Waals surface area contributed by atoms with Crippen molar-refractivity contribution >= 4 is 49.6 Å². The van der Waals surface area contributed by atoms with Crippen LogP contribution in [0.3, 0.4) is 0 Å². The maximum absolute atomic E-state index is 5.21. The van der Waals surface area contributed by atoms with E-state index in [1.54, 1.807) is 0 Å². The molecular formula is C47H34N4S. The van der Waals surface area contributed by atoms with Gasteiger partial charge in [0.05, 0.1) is 11.7 Å². The van der Waals surface area contributed by atoms with Crippen LogP contribution in [0.5, 0.6) is 0 Å². The number of anilines is 1. The quantitative estimate of drug-likeness (QED) is 0.196. The zero-order valence-electron chi connectivity index (χ0n) is 28.6. The minimum absolute atomic E-state index is 0.0145. The fraction of sp³-hybridized carbons (Fsp3) is 0.0638. The van der Waals surface area contributed by atoms with Crippen LogP contribution in [0.1, 0.15) is 39.3 Å². The molecule has 3 heterocycles. The number of hydrogen-bond donors (Lipinski definition) is 1. The molecule has 2 unspecified atom stereocenters. The predicted octanol–water partition coefficient (Wildman–Crippen LogP) is 11.7. The minimum Gasteiger partial charge on any atom is -0.372 e. The summed E-state index contributed by atoms with van der Waals surface area (Å²) in [5.74, 6) is 1.64. The molecule has 0 amide bonds. The molecule has 248 valence electrons. The summed E-state index contributed by atoms with van der Waals surface area (Å²) in [6.45, 7) is 0. The smallest absolute Gasteiger partial charge is 0.159 e. The molecule has 1 aromatic heterocycles. The largest absolute Gasteiger partial charge is 0.372 e. The van der Waals surface area contributed by atoms with Crippen molar-refractivity contribution < 1.29 is 0 Å². The third-order valence-electron chi connectivity index (χ3n) is 10.4. The summed E-state index contributed by atoms with van der Waals surface area (Å²) >= 11 is 1.90. The molecular weight excluding hydrogens is 653 g/mol. The van der Waals surface area contributed by atoms with E-state index in [1.165, 1.54) is 48.0 Å². The molecule has 8 aromatic rings. The first-order chi connectivity index (χ1) is 25.7. The molecule has 0 bridgehead atoms. The van der Waals surface area contributed by atoms with Gasteiger partial charge in [-0.2, -0.15) is 0 Å². The van der Waals surface area contributed by atoms with Crippen molar-refractivity contribution in [1.29, 1.82) is 0 Å². The van der Waals surface area contributed by atoms with Crippen LogP contribution in [0, 0.1) is 0 Å². The Kier molecular flexibility index (Phi) is 7.33. The van der Waals surface area contributed by atoms with Crippen LogP contribution in [0.25, 0.3) is 43.1 Å². The lowest BCUT2D eigenvalue weighted by Crippen LogP contribution is -2.35. The molecule has 0 spiro atoms. The molecule has 1 N–H and O–H groups in total. The summed E-state index contributed by atoms with van der Waals surface area (Å²) in [6.07, 6.45) is -0.186. The molecule has 2 atom stereocenters. The lowest BCUT2D eigenvalue weighted by molar-refractivity contribution is 0.383. The summed E-state index contributed by atoms with van der Waals surface area (Å²) in [7, 11) is 2.08. The number of aliphatic imine (C=N–C) groups is 2. The van der Waals surface area contributed by atoms with Crippen molar-refractivity contribution in [2.75, 3.05) is 12.4 Å². The summed E-state index contributed by atoms with van der Waals surface area (Å²) in [5, 5.41) is 7.92. The van der Waals surface area contributed by atoms with E-state index in [4.69, 9.17) is 9.98 Å². The molecule has 0 fully saturated rings. The van der Waals surface area contributed by atoms with Crippen LogP contribution >= 0.6 is 11.3 Å². The molecule has 4 nitrogen and oxygen atoms in total. The number of hydrogen-bond acceptors (Lipinski definition) is 5. The number of rotatable bonds is 5. The van der Waals surface area contributed by atoms with Gasteiger partial charge in [0.25, 0.3) is 0 Å². The highest BCUT2D eigenvalue weighted by atomic mass is 32.1. The molecule has 2 aliphatic heterocycles. The van der Waals surface area contributed by atoms with Crippen molar-refractivity contribution in [1.82, 2.24) is 4.90 Å². The van der Waals surface area contributed by atoms with Gasteiger partial charge in [-0.05, 0) is 33.5 Å². The van der Waals surface area contributed by atoms with Crippen molar-refractivity contribution in [3.05, 3.63) is 197 Å². The standard InChI is InChI=1S/C47H34N4S/c1-51-46(33-15-4-2-5-16-33)49-45(50-47(51)34-17-6-3-7-18-34)32-28-26-31(27-29-32)36-22-13-24-39-41-38-21-10-11-25-40(38)52-44(41)43(48-42(36)39)37-23-12-19-30-14-8-9-20-35(30)37/h2-29,43,46,48H,1H3. The first-order valence-electron chi connectivity index (χ1n) is 17.7. The zero-order chi connectivity index (χ0) is 34.6. The zero-order valence-corrected chi connectivity index (χ0v) is 29.4. The van der Waals surface area contributed by atoms with Crippen molar-refractivity contribution in [3.8, 4) is 22.3 Å². The average Bonchev–Trinajstić information content (AvgIpc) is 3.61. The van der Waals surface area contributed by atoms with E-state index < -0.39 is 0 Å². The minimum atomic E-state index is -0.186. The molecule has 0 radical (unpaired) electrons. The Hall–Kier alpha value is -6.30. The Morgan fingerprint density at radius 2 is 1.23 bits per heavy atom. The van der Waals surface area contributed by atoms with Crippen molar-refractivity contribution in [3.63, 3.8) is 0 Å². The number of nitrogens with one attached hydrogen (secondary N) is 1. The second kappa shape index (κ2) is 12.5. The Balaban J connectivity index is 1.09. The number of para-hydroxylation sites is 1. The Labute approximate surface area is 307 Å². The first kappa shape index (κ1) is 30.5. The number of amidine groups is 2. The maximum atomic E-state index is 5.21. The molecule has 2 aliphatic rings. The van der Waals surface area contributed by atoms with Crippen LogP contribution < -0.4 is 5.32 Å². The van der Waals surface area contributed by atoms with Crippen LogP contribution in [0.15, 0.2) is 180 Å². The molecule has 0 saturated carbocycles. The van der Waals surface area contributed by atoms with Crippen LogP contribution in [0.2, 0.25) is 0 Å². The van der Waals surface area contributed by atoms with Crippen molar-refractivity contribution in [2.24, 2.45) is 9.98 Å². The SMILES string of the molecule is CN1C(c2ccccc2)=NC(c2ccc(-c3cccc4c3NC(c3cccc5ccccc35)c3sc5ccccc5c3-4)cc2)=NC1c1ccccc1. The second-order valence-electron chi connectivity index (χ2n) is 13.4. The lowest BCUT2D eigenvalue weighted by atomic mass is 9.86. The highest BCUT2D eigenvalue weighted by Crippen LogP contribution is 2.53. The van der Waals surface area contributed by atoms with E-state index in [0.717, 1.165) is 39.6 Å².